The number of nitrogens with one attached hydrogen (secondary N) is 1. The molecule has 1 fully saturated rings. The second-order valence-electron chi connectivity index (χ2n) is 7.57. The number of likely N-dealkylation sites (tertiary alicyclic amines) is 1. The Balaban J connectivity index is 1.72. The molecule has 2 N–H and O–H groups in total. The van der Waals surface area contributed by atoms with Gasteiger partial charge < -0.3 is 19.9 Å². The average Bonchev–Trinajstić information content (AvgIpc) is 2.54. The number of aliphatic carboxylic acids is 1. The number of nitrogens with zero attached hydrogens (tertiary/aromatic N) is 2. The zero-order valence-corrected chi connectivity index (χ0v) is 14.6. The Morgan fingerprint density at radius 2 is 2.04 bits per heavy atom. The first kappa shape index (κ1) is 17.5. The lowest BCUT2D eigenvalue weighted by molar-refractivity contribution is -0.139. The molecule has 3 heterocycles. The molecule has 0 radical (unpaired) electrons. The SMILES string of the molecule is CC(C)CC(NC(=O)N1CC2CC(C1)c1cccc(=O)n1C2)C(=O)O. The summed E-state index contributed by atoms with van der Waals surface area (Å²) in [6, 6.07) is 4.08. The largest absolute Gasteiger partial charge is 0.480 e. The maximum Gasteiger partial charge on any atom is 0.326 e. The van der Waals surface area contributed by atoms with Gasteiger partial charge in [-0.05, 0) is 30.7 Å². The molecule has 25 heavy (non-hydrogen) atoms. The van der Waals surface area contributed by atoms with Crippen molar-refractivity contribution >= 4 is 12.0 Å². The van der Waals surface area contributed by atoms with E-state index < -0.39 is 12.0 Å². The highest BCUT2D eigenvalue weighted by atomic mass is 16.4. The monoisotopic (exact) mass is 347 g/mol. The molecule has 3 atom stereocenters. The van der Waals surface area contributed by atoms with Crippen molar-refractivity contribution in [2.24, 2.45) is 11.8 Å². The molecule has 136 valence electrons. The third-order valence-electron chi connectivity index (χ3n) is 5.07. The van der Waals surface area contributed by atoms with Crippen LogP contribution in [-0.4, -0.2) is 45.7 Å². The van der Waals surface area contributed by atoms with Crippen LogP contribution < -0.4 is 10.9 Å². The Morgan fingerprint density at radius 3 is 2.72 bits per heavy atom. The van der Waals surface area contributed by atoms with Crippen molar-refractivity contribution in [3.63, 3.8) is 0 Å². The second-order valence-corrected chi connectivity index (χ2v) is 7.57. The summed E-state index contributed by atoms with van der Waals surface area (Å²) in [4.78, 5) is 37.7. The Morgan fingerprint density at radius 1 is 1.28 bits per heavy atom. The van der Waals surface area contributed by atoms with Gasteiger partial charge in [0.2, 0.25) is 0 Å². The van der Waals surface area contributed by atoms with E-state index >= 15 is 0 Å². The highest BCUT2D eigenvalue weighted by molar-refractivity contribution is 5.82. The lowest BCUT2D eigenvalue weighted by Gasteiger charge is -2.42. The van der Waals surface area contributed by atoms with E-state index in [4.69, 9.17) is 0 Å². The van der Waals surface area contributed by atoms with Crippen molar-refractivity contribution in [2.75, 3.05) is 13.1 Å². The van der Waals surface area contributed by atoms with Crippen LogP contribution in [0.3, 0.4) is 0 Å². The molecule has 7 heteroatoms. The fourth-order valence-electron chi connectivity index (χ4n) is 4.00. The quantitative estimate of drug-likeness (QED) is 0.863. The number of pyridine rings is 1. The van der Waals surface area contributed by atoms with Crippen LogP contribution in [-0.2, 0) is 11.3 Å². The molecular formula is C18H25N3O4. The lowest BCUT2D eigenvalue weighted by Crippen LogP contribution is -2.54. The van der Waals surface area contributed by atoms with E-state index in [2.05, 4.69) is 5.32 Å². The summed E-state index contributed by atoms with van der Waals surface area (Å²) in [6.45, 7) is 5.55. The molecular weight excluding hydrogens is 322 g/mol. The lowest BCUT2D eigenvalue weighted by atomic mass is 9.83. The summed E-state index contributed by atoms with van der Waals surface area (Å²) < 4.78 is 1.81. The summed E-state index contributed by atoms with van der Waals surface area (Å²) in [5, 5.41) is 12.0. The number of fused-ring (bicyclic) bond motifs is 4. The predicted molar refractivity (Wildman–Crippen MR) is 92.5 cm³/mol. The second kappa shape index (κ2) is 6.90. The van der Waals surface area contributed by atoms with Gasteiger partial charge >= 0.3 is 12.0 Å². The maximum atomic E-state index is 12.6. The molecule has 3 unspecified atom stereocenters. The number of carboxylic acids is 1. The third-order valence-corrected chi connectivity index (χ3v) is 5.07. The van der Waals surface area contributed by atoms with Crippen LogP contribution >= 0.6 is 0 Å². The highest BCUT2D eigenvalue weighted by Gasteiger charge is 2.37. The fraction of sp³-hybridized carbons (Fsp3) is 0.611. The number of urea groups is 1. The molecule has 2 amide bonds. The van der Waals surface area contributed by atoms with Gasteiger partial charge in [-0.25, -0.2) is 9.59 Å². The van der Waals surface area contributed by atoms with Gasteiger partial charge in [0.1, 0.15) is 6.04 Å². The first-order chi connectivity index (χ1) is 11.8. The minimum absolute atomic E-state index is 0.00739. The Labute approximate surface area is 146 Å². The molecule has 0 aliphatic carbocycles. The van der Waals surface area contributed by atoms with Crippen molar-refractivity contribution in [3.05, 3.63) is 34.2 Å². The topological polar surface area (TPSA) is 91.6 Å². The summed E-state index contributed by atoms with van der Waals surface area (Å²) in [7, 11) is 0. The molecule has 0 aromatic carbocycles. The number of carboxylic acid groups (broad SMARTS) is 1. The van der Waals surface area contributed by atoms with Crippen LogP contribution in [0.4, 0.5) is 4.79 Å². The van der Waals surface area contributed by atoms with Gasteiger partial charge in [0.15, 0.2) is 0 Å². The normalized spacial score (nSPS) is 23.1. The molecule has 0 spiro atoms. The van der Waals surface area contributed by atoms with E-state index in [0.29, 0.717) is 26.1 Å². The molecule has 1 saturated heterocycles. The van der Waals surface area contributed by atoms with Crippen molar-refractivity contribution in [1.29, 1.82) is 0 Å². The van der Waals surface area contributed by atoms with Gasteiger partial charge in [0, 0.05) is 37.3 Å². The average molecular weight is 347 g/mol. The van der Waals surface area contributed by atoms with E-state index in [1.807, 2.05) is 24.5 Å². The molecule has 7 nitrogen and oxygen atoms in total. The van der Waals surface area contributed by atoms with Gasteiger partial charge in [-0.1, -0.05) is 19.9 Å². The number of aromatic nitrogens is 1. The minimum atomic E-state index is -1.00. The summed E-state index contributed by atoms with van der Waals surface area (Å²) in [5.41, 5.74) is 0.978. The van der Waals surface area contributed by atoms with Crippen LogP contribution in [0.5, 0.6) is 0 Å². The van der Waals surface area contributed by atoms with Crippen LogP contribution in [0.2, 0.25) is 0 Å². The zero-order valence-electron chi connectivity index (χ0n) is 14.6. The third kappa shape index (κ3) is 3.70. The number of hydrogen-bond acceptors (Lipinski definition) is 3. The summed E-state index contributed by atoms with van der Waals surface area (Å²) >= 11 is 0. The zero-order chi connectivity index (χ0) is 18.1. The van der Waals surface area contributed by atoms with Gasteiger partial charge in [-0.2, -0.15) is 0 Å². The molecule has 1 aromatic rings. The molecule has 3 rings (SSSR count). The number of carbonyl (C=O) groups is 2. The highest BCUT2D eigenvalue weighted by Crippen LogP contribution is 2.34. The maximum absolute atomic E-state index is 12.6. The van der Waals surface area contributed by atoms with E-state index in [1.54, 1.807) is 17.0 Å². The van der Waals surface area contributed by atoms with Crippen molar-refractivity contribution < 1.29 is 14.7 Å². The summed E-state index contributed by atoms with van der Waals surface area (Å²) in [6.07, 6.45) is 1.36. The van der Waals surface area contributed by atoms with Crippen LogP contribution in [0.1, 0.15) is 38.3 Å². The van der Waals surface area contributed by atoms with E-state index in [0.717, 1.165) is 12.1 Å². The first-order valence-electron chi connectivity index (χ1n) is 8.83. The van der Waals surface area contributed by atoms with Crippen LogP contribution in [0, 0.1) is 11.8 Å². The Kier molecular flexibility index (Phi) is 4.83. The molecule has 2 aliphatic rings. The Bertz CT molecular complexity index is 727. The smallest absolute Gasteiger partial charge is 0.326 e. The van der Waals surface area contributed by atoms with Gasteiger partial charge in [-0.3, -0.25) is 4.79 Å². The number of carbonyl (C=O) groups excluding carboxylic acids is 1. The van der Waals surface area contributed by atoms with Crippen molar-refractivity contribution in [3.8, 4) is 0 Å². The van der Waals surface area contributed by atoms with Gasteiger partial charge in [0.25, 0.3) is 5.56 Å². The first-order valence-corrected chi connectivity index (χ1v) is 8.83. The van der Waals surface area contributed by atoms with Gasteiger partial charge in [0.05, 0.1) is 0 Å². The minimum Gasteiger partial charge on any atom is -0.480 e. The molecule has 0 saturated carbocycles. The Hall–Kier alpha value is -2.31. The number of piperidine rings is 1. The number of amides is 2. The van der Waals surface area contributed by atoms with E-state index in [9.17, 15) is 19.5 Å². The van der Waals surface area contributed by atoms with E-state index in [1.165, 1.54) is 0 Å². The van der Waals surface area contributed by atoms with Crippen LogP contribution in [0.15, 0.2) is 23.0 Å². The number of rotatable bonds is 4. The van der Waals surface area contributed by atoms with Crippen molar-refractivity contribution in [2.45, 2.75) is 45.2 Å². The predicted octanol–water partition coefficient (Wildman–Crippen LogP) is 1.48. The van der Waals surface area contributed by atoms with Crippen molar-refractivity contribution in [1.82, 2.24) is 14.8 Å². The molecule has 1 aromatic heterocycles. The van der Waals surface area contributed by atoms with Gasteiger partial charge in [-0.15, -0.1) is 0 Å². The molecule has 2 aliphatic heterocycles. The number of hydrogen-bond donors (Lipinski definition) is 2. The van der Waals surface area contributed by atoms with Crippen LogP contribution in [0.25, 0.3) is 0 Å². The fourth-order valence-corrected chi connectivity index (χ4v) is 4.00. The molecule has 2 bridgehead atoms. The standard InChI is InChI=1S/C18H25N3O4/c1-11(2)6-14(17(23)24)19-18(25)20-8-12-7-13(10-20)15-4-3-5-16(22)21(15)9-12/h3-5,11-14H,6-10H2,1-2H3,(H,19,25)(H,23,24). The van der Waals surface area contributed by atoms with E-state index in [-0.39, 0.29) is 29.3 Å². The summed E-state index contributed by atoms with van der Waals surface area (Å²) in [5.74, 6) is -0.469.